The molecule has 0 aromatic heterocycles. The molecule has 0 aliphatic heterocycles. The SMILES string of the molecule is CCN(c1cccc(F)c1)c1ccc(I)cc1N. The van der Waals surface area contributed by atoms with Gasteiger partial charge < -0.3 is 10.6 Å². The minimum atomic E-state index is -0.241. The summed E-state index contributed by atoms with van der Waals surface area (Å²) in [5.74, 6) is -0.241. The quantitative estimate of drug-likeness (QED) is 0.661. The molecule has 2 N–H and O–H groups in total. The first-order chi connectivity index (χ1) is 8.61. The highest BCUT2D eigenvalue weighted by molar-refractivity contribution is 14.1. The summed E-state index contributed by atoms with van der Waals surface area (Å²) in [5, 5.41) is 0. The number of nitrogen functional groups attached to an aromatic ring is 1. The minimum absolute atomic E-state index is 0.241. The zero-order chi connectivity index (χ0) is 13.1. The van der Waals surface area contributed by atoms with Crippen LogP contribution >= 0.6 is 22.6 Å². The highest BCUT2D eigenvalue weighted by atomic mass is 127. The summed E-state index contributed by atoms with van der Waals surface area (Å²) < 4.78 is 14.4. The monoisotopic (exact) mass is 356 g/mol. The summed E-state index contributed by atoms with van der Waals surface area (Å²) in [6, 6.07) is 12.4. The largest absolute Gasteiger partial charge is 0.397 e. The number of benzene rings is 2. The van der Waals surface area contributed by atoms with E-state index in [2.05, 4.69) is 22.6 Å². The van der Waals surface area contributed by atoms with E-state index in [4.69, 9.17) is 5.73 Å². The van der Waals surface area contributed by atoms with Gasteiger partial charge in [0.05, 0.1) is 11.4 Å². The molecule has 0 spiro atoms. The first-order valence-corrected chi connectivity index (χ1v) is 6.78. The summed E-state index contributed by atoms with van der Waals surface area (Å²) in [6.45, 7) is 2.75. The van der Waals surface area contributed by atoms with Gasteiger partial charge in [-0.1, -0.05) is 6.07 Å². The lowest BCUT2D eigenvalue weighted by Gasteiger charge is -2.25. The van der Waals surface area contributed by atoms with Crippen LogP contribution in [0.3, 0.4) is 0 Å². The van der Waals surface area contributed by atoms with Crippen LogP contribution in [0.5, 0.6) is 0 Å². The Morgan fingerprint density at radius 3 is 2.61 bits per heavy atom. The fourth-order valence-corrected chi connectivity index (χ4v) is 2.42. The summed E-state index contributed by atoms with van der Waals surface area (Å²) >= 11 is 2.22. The zero-order valence-corrected chi connectivity index (χ0v) is 12.2. The van der Waals surface area contributed by atoms with Gasteiger partial charge in [-0.15, -0.1) is 0 Å². The molecule has 0 heterocycles. The van der Waals surface area contributed by atoms with E-state index in [0.29, 0.717) is 5.69 Å². The van der Waals surface area contributed by atoms with Gasteiger partial charge in [-0.05, 0) is 65.9 Å². The molecule has 0 bridgehead atoms. The number of nitrogens with zero attached hydrogens (tertiary/aromatic N) is 1. The van der Waals surface area contributed by atoms with Crippen LogP contribution in [0.4, 0.5) is 21.5 Å². The van der Waals surface area contributed by atoms with E-state index in [1.807, 2.05) is 36.1 Å². The van der Waals surface area contributed by atoms with Crippen LogP contribution in [-0.4, -0.2) is 6.54 Å². The molecular formula is C14H14FIN2. The Morgan fingerprint density at radius 2 is 2.00 bits per heavy atom. The molecule has 2 aromatic rings. The van der Waals surface area contributed by atoms with Crippen molar-refractivity contribution in [3.8, 4) is 0 Å². The standard InChI is InChI=1S/C14H14FIN2/c1-2-18(12-5-3-4-10(15)8-12)14-7-6-11(16)9-13(14)17/h3-9H,2,17H2,1H3. The van der Waals surface area contributed by atoms with Crippen LogP contribution in [0, 0.1) is 9.39 Å². The molecule has 2 rings (SSSR count). The van der Waals surface area contributed by atoms with Crippen molar-refractivity contribution in [3.63, 3.8) is 0 Å². The second-order valence-electron chi connectivity index (χ2n) is 3.93. The van der Waals surface area contributed by atoms with Crippen molar-refractivity contribution in [2.75, 3.05) is 17.2 Å². The molecule has 4 heteroatoms. The van der Waals surface area contributed by atoms with Gasteiger partial charge in [0.15, 0.2) is 0 Å². The summed E-state index contributed by atoms with van der Waals surface area (Å²) in [7, 11) is 0. The van der Waals surface area contributed by atoms with Crippen LogP contribution in [0.15, 0.2) is 42.5 Å². The number of halogens is 2. The van der Waals surface area contributed by atoms with Crippen LogP contribution in [0.1, 0.15) is 6.92 Å². The maximum absolute atomic E-state index is 13.3. The highest BCUT2D eigenvalue weighted by Crippen LogP contribution is 2.31. The van der Waals surface area contributed by atoms with Gasteiger partial charge in [-0.3, -0.25) is 0 Å². The highest BCUT2D eigenvalue weighted by Gasteiger charge is 2.11. The van der Waals surface area contributed by atoms with Gasteiger partial charge >= 0.3 is 0 Å². The molecule has 0 aliphatic carbocycles. The predicted molar refractivity (Wildman–Crippen MR) is 82.7 cm³/mol. The van der Waals surface area contributed by atoms with Crippen molar-refractivity contribution in [1.29, 1.82) is 0 Å². The van der Waals surface area contributed by atoms with Crippen molar-refractivity contribution in [3.05, 3.63) is 51.9 Å². The van der Waals surface area contributed by atoms with E-state index in [9.17, 15) is 4.39 Å². The lowest BCUT2D eigenvalue weighted by Crippen LogP contribution is -2.17. The average molecular weight is 356 g/mol. The Labute approximate surface area is 120 Å². The molecule has 2 aromatic carbocycles. The third-order valence-corrected chi connectivity index (χ3v) is 3.39. The Balaban J connectivity index is 2.45. The van der Waals surface area contributed by atoms with Crippen LogP contribution in [-0.2, 0) is 0 Å². The number of hydrogen-bond acceptors (Lipinski definition) is 2. The van der Waals surface area contributed by atoms with Gasteiger partial charge in [-0.2, -0.15) is 0 Å². The van der Waals surface area contributed by atoms with Crippen LogP contribution < -0.4 is 10.6 Å². The van der Waals surface area contributed by atoms with Gasteiger partial charge in [0.25, 0.3) is 0 Å². The van der Waals surface area contributed by atoms with E-state index in [1.54, 1.807) is 6.07 Å². The molecule has 0 saturated heterocycles. The van der Waals surface area contributed by atoms with Gasteiger partial charge in [0, 0.05) is 15.8 Å². The van der Waals surface area contributed by atoms with Gasteiger partial charge in [-0.25, -0.2) is 4.39 Å². The number of rotatable bonds is 3. The minimum Gasteiger partial charge on any atom is -0.397 e. The second-order valence-corrected chi connectivity index (χ2v) is 5.17. The van der Waals surface area contributed by atoms with E-state index in [0.717, 1.165) is 21.5 Å². The summed E-state index contributed by atoms with van der Waals surface area (Å²) in [4.78, 5) is 1.99. The van der Waals surface area contributed by atoms with Crippen molar-refractivity contribution >= 4 is 39.7 Å². The van der Waals surface area contributed by atoms with Gasteiger partial charge in [0.2, 0.25) is 0 Å². The molecule has 0 aliphatic rings. The molecule has 0 saturated carbocycles. The van der Waals surface area contributed by atoms with Gasteiger partial charge in [0.1, 0.15) is 5.82 Å². The molecule has 0 atom stereocenters. The average Bonchev–Trinajstić information content (AvgIpc) is 2.33. The van der Waals surface area contributed by atoms with E-state index >= 15 is 0 Å². The van der Waals surface area contributed by atoms with E-state index in [1.165, 1.54) is 12.1 Å². The molecule has 18 heavy (non-hydrogen) atoms. The maximum atomic E-state index is 13.3. The fraction of sp³-hybridized carbons (Fsp3) is 0.143. The lowest BCUT2D eigenvalue weighted by molar-refractivity contribution is 0.627. The smallest absolute Gasteiger partial charge is 0.125 e. The van der Waals surface area contributed by atoms with Crippen molar-refractivity contribution in [2.45, 2.75) is 6.92 Å². The Kier molecular flexibility index (Phi) is 4.06. The summed E-state index contributed by atoms with van der Waals surface area (Å²) in [5.41, 5.74) is 8.45. The topological polar surface area (TPSA) is 29.3 Å². The molecular weight excluding hydrogens is 342 g/mol. The van der Waals surface area contributed by atoms with Crippen molar-refractivity contribution in [2.24, 2.45) is 0 Å². The maximum Gasteiger partial charge on any atom is 0.125 e. The molecule has 94 valence electrons. The molecule has 2 nitrogen and oxygen atoms in total. The van der Waals surface area contributed by atoms with Crippen LogP contribution in [0.2, 0.25) is 0 Å². The third kappa shape index (κ3) is 2.75. The zero-order valence-electron chi connectivity index (χ0n) is 10.0. The fourth-order valence-electron chi connectivity index (χ4n) is 1.91. The lowest BCUT2D eigenvalue weighted by atomic mass is 10.2. The Bertz CT molecular complexity index is 557. The molecule has 0 radical (unpaired) electrons. The summed E-state index contributed by atoms with van der Waals surface area (Å²) in [6.07, 6.45) is 0. The molecule has 0 unspecified atom stereocenters. The number of nitrogens with two attached hydrogens (primary N) is 1. The molecule has 0 fully saturated rings. The van der Waals surface area contributed by atoms with Crippen molar-refractivity contribution in [1.82, 2.24) is 0 Å². The Morgan fingerprint density at radius 1 is 1.22 bits per heavy atom. The Hall–Kier alpha value is -1.30. The van der Waals surface area contributed by atoms with E-state index < -0.39 is 0 Å². The second kappa shape index (κ2) is 5.56. The van der Waals surface area contributed by atoms with Crippen LogP contribution in [0.25, 0.3) is 0 Å². The third-order valence-electron chi connectivity index (χ3n) is 2.72. The van der Waals surface area contributed by atoms with Crippen molar-refractivity contribution < 1.29 is 4.39 Å². The first kappa shape index (κ1) is 13.1. The first-order valence-electron chi connectivity index (χ1n) is 5.70. The number of anilines is 3. The van der Waals surface area contributed by atoms with E-state index in [-0.39, 0.29) is 5.82 Å². The normalized spacial score (nSPS) is 10.4. The number of hydrogen-bond donors (Lipinski definition) is 1. The predicted octanol–water partition coefficient (Wildman–Crippen LogP) is 4.17. The molecule has 0 amide bonds.